The highest BCUT2D eigenvalue weighted by Crippen LogP contribution is 2.45. The maximum Gasteiger partial charge on any atom is 0.327 e. The average molecular weight is 330 g/mol. The van der Waals surface area contributed by atoms with Gasteiger partial charge in [-0.15, -0.1) is 11.8 Å². The molecule has 3 fully saturated rings. The number of carbonyl (C=O) groups is 2. The Morgan fingerprint density at radius 1 is 1.29 bits per heavy atom. The maximum absolute atomic E-state index is 12.6. The summed E-state index contributed by atoms with van der Waals surface area (Å²) >= 11 is 3.43. The van der Waals surface area contributed by atoms with Crippen molar-refractivity contribution >= 4 is 35.5 Å². The summed E-state index contributed by atoms with van der Waals surface area (Å²) in [6.45, 7) is 0. The van der Waals surface area contributed by atoms with Gasteiger partial charge in [0.2, 0.25) is 0 Å². The predicted octanol–water partition coefficient (Wildman–Crippen LogP) is 2.22. The first-order valence-corrected chi connectivity index (χ1v) is 9.91. The van der Waals surface area contributed by atoms with Gasteiger partial charge in [-0.2, -0.15) is 11.8 Å². The quantitative estimate of drug-likeness (QED) is 0.827. The molecule has 0 spiro atoms. The lowest BCUT2D eigenvalue weighted by Crippen LogP contribution is -2.53. The molecule has 7 heteroatoms. The lowest BCUT2D eigenvalue weighted by atomic mass is 10.2. The second kappa shape index (κ2) is 6.28. The van der Waals surface area contributed by atoms with Crippen molar-refractivity contribution in [1.29, 1.82) is 0 Å². The van der Waals surface area contributed by atoms with E-state index in [2.05, 4.69) is 11.6 Å². The molecule has 0 bridgehead atoms. The van der Waals surface area contributed by atoms with E-state index in [1.807, 2.05) is 0 Å². The van der Waals surface area contributed by atoms with E-state index in [4.69, 9.17) is 0 Å². The third-order valence-corrected chi connectivity index (χ3v) is 7.28. The number of amides is 2. The molecule has 2 aliphatic carbocycles. The summed E-state index contributed by atoms with van der Waals surface area (Å²) in [4.78, 5) is 25.7. The van der Waals surface area contributed by atoms with Crippen LogP contribution < -0.4 is 5.32 Å². The van der Waals surface area contributed by atoms with Gasteiger partial charge in [-0.05, 0) is 37.9 Å². The van der Waals surface area contributed by atoms with Crippen LogP contribution in [0.15, 0.2) is 0 Å². The molecule has 0 radical (unpaired) electrons. The molecular weight excluding hydrogens is 308 g/mol. The van der Waals surface area contributed by atoms with Crippen molar-refractivity contribution in [3.63, 3.8) is 0 Å². The van der Waals surface area contributed by atoms with Gasteiger partial charge in [-0.3, -0.25) is 4.90 Å². The van der Waals surface area contributed by atoms with Crippen molar-refractivity contribution < 1.29 is 14.7 Å². The largest absolute Gasteiger partial charge is 0.480 e. The molecule has 0 aromatic carbocycles. The lowest BCUT2D eigenvalue weighted by Gasteiger charge is -2.30. The molecule has 1 saturated heterocycles. The molecule has 21 heavy (non-hydrogen) atoms. The van der Waals surface area contributed by atoms with Crippen LogP contribution in [-0.4, -0.2) is 56.7 Å². The van der Waals surface area contributed by atoms with Crippen molar-refractivity contribution in [3.05, 3.63) is 0 Å². The Morgan fingerprint density at radius 3 is 2.67 bits per heavy atom. The molecule has 2 N–H and O–H groups in total. The number of thioether (sulfide) groups is 2. The minimum Gasteiger partial charge on any atom is -0.480 e. The summed E-state index contributed by atoms with van der Waals surface area (Å²) in [5.41, 5.74) is 0. The van der Waals surface area contributed by atoms with Crippen LogP contribution in [0.3, 0.4) is 0 Å². The highest BCUT2D eigenvalue weighted by atomic mass is 32.2. The van der Waals surface area contributed by atoms with Crippen LogP contribution in [0.4, 0.5) is 4.79 Å². The summed E-state index contributed by atoms with van der Waals surface area (Å²) in [6.07, 6.45) is 7.59. The Hall–Kier alpha value is -0.560. The van der Waals surface area contributed by atoms with Crippen molar-refractivity contribution in [1.82, 2.24) is 10.2 Å². The molecule has 4 unspecified atom stereocenters. The molecule has 118 valence electrons. The molecule has 2 saturated carbocycles. The van der Waals surface area contributed by atoms with Gasteiger partial charge in [0.05, 0.1) is 5.37 Å². The Labute approximate surface area is 133 Å². The maximum atomic E-state index is 12.6. The number of aliphatic carboxylic acids is 1. The van der Waals surface area contributed by atoms with Crippen LogP contribution in [0.1, 0.15) is 32.1 Å². The van der Waals surface area contributed by atoms with Crippen LogP contribution in [0.25, 0.3) is 0 Å². The van der Waals surface area contributed by atoms with Gasteiger partial charge in [0.1, 0.15) is 6.04 Å². The molecular formula is C14H22N2O3S2. The lowest BCUT2D eigenvalue weighted by molar-refractivity contribution is -0.141. The van der Waals surface area contributed by atoms with Crippen molar-refractivity contribution in [3.8, 4) is 0 Å². The summed E-state index contributed by atoms with van der Waals surface area (Å²) in [5.74, 6) is 0.124. The van der Waals surface area contributed by atoms with Gasteiger partial charge < -0.3 is 10.4 Å². The van der Waals surface area contributed by atoms with Gasteiger partial charge in [0.15, 0.2) is 0 Å². The Bertz CT molecular complexity index is 430. The first-order chi connectivity index (χ1) is 10.1. The normalized spacial score (nSPS) is 36.0. The van der Waals surface area contributed by atoms with Crippen LogP contribution in [0, 0.1) is 5.92 Å². The second-order valence-corrected chi connectivity index (χ2v) is 8.31. The number of urea groups is 1. The summed E-state index contributed by atoms with van der Waals surface area (Å²) in [5, 5.41) is 13.0. The van der Waals surface area contributed by atoms with Gasteiger partial charge in [0, 0.05) is 17.0 Å². The zero-order chi connectivity index (χ0) is 15.0. The van der Waals surface area contributed by atoms with E-state index in [1.54, 1.807) is 28.4 Å². The molecule has 0 aromatic heterocycles. The van der Waals surface area contributed by atoms with Crippen LogP contribution >= 0.6 is 23.5 Å². The van der Waals surface area contributed by atoms with Gasteiger partial charge >= 0.3 is 12.0 Å². The monoisotopic (exact) mass is 330 g/mol. The van der Waals surface area contributed by atoms with Crippen LogP contribution in [0.5, 0.6) is 0 Å². The number of carboxylic acids is 1. The number of rotatable bonds is 4. The third kappa shape index (κ3) is 3.13. The Kier molecular flexibility index (Phi) is 4.59. The van der Waals surface area contributed by atoms with Crippen LogP contribution in [-0.2, 0) is 4.79 Å². The number of carbonyl (C=O) groups excluding carboxylic acids is 1. The van der Waals surface area contributed by atoms with Gasteiger partial charge in [-0.1, -0.05) is 6.42 Å². The fraction of sp³-hybridized carbons (Fsp3) is 0.857. The standard InChI is InChI=1S/C14H22N2O3S2/c1-20-11-4-2-3-9(11)15-14(19)16-10(13(17)18)7-21-12(16)8-5-6-8/h8-12H,2-7H2,1H3,(H,15,19)(H,17,18). The van der Waals surface area contributed by atoms with Gasteiger partial charge in [0.25, 0.3) is 0 Å². The first kappa shape index (κ1) is 15.3. The fourth-order valence-corrected chi connectivity index (χ4v) is 5.89. The van der Waals surface area contributed by atoms with E-state index < -0.39 is 12.0 Å². The summed E-state index contributed by atoms with van der Waals surface area (Å²) < 4.78 is 0. The molecule has 3 rings (SSSR count). The van der Waals surface area contributed by atoms with Crippen molar-refractivity contribution in [2.75, 3.05) is 12.0 Å². The summed E-state index contributed by atoms with van der Waals surface area (Å²) in [7, 11) is 0. The molecule has 1 heterocycles. The predicted molar refractivity (Wildman–Crippen MR) is 85.7 cm³/mol. The minimum atomic E-state index is -0.881. The van der Waals surface area contributed by atoms with Crippen molar-refractivity contribution in [2.24, 2.45) is 5.92 Å². The first-order valence-electron chi connectivity index (χ1n) is 7.58. The van der Waals surface area contributed by atoms with Crippen LogP contribution in [0.2, 0.25) is 0 Å². The molecule has 3 aliphatic rings. The van der Waals surface area contributed by atoms with E-state index in [9.17, 15) is 14.7 Å². The zero-order valence-corrected chi connectivity index (χ0v) is 13.8. The number of nitrogens with one attached hydrogen (secondary N) is 1. The van der Waals surface area contributed by atoms with Crippen molar-refractivity contribution in [2.45, 2.75) is 54.8 Å². The smallest absolute Gasteiger partial charge is 0.327 e. The van der Waals surface area contributed by atoms with E-state index in [-0.39, 0.29) is 17.4 Å². The summed E-state index contributed by atoms with van der Waals surface area (Å²) in [6, 6.07) is -0.655. The molecule has 4 atom stereocenters. The number of hydrogen-bond donors (Lipinski definition) is 2. The highest BCUT2D eigenvalue weighted by Gasteiger charge is 2.48. The highest BCUT2D eigenvalue weighted by molar-refractivity contribution is 8.00. The second-order valence-electron chi connectivity index (χ2n) is 6.08. The molecule has 0 aromatic rings. The number of nitrogens with zero attached hydrogens (tertiary/aromatic N) is 1. The Morgan fingerprint density at radius 2 is 2.05 bits per heavy atom. The number of hydrogen-bond acceptors (Lipinski definition) is 4. The number of carboxylic acid groups (broad SMARTS) is 1. The zero-order valence-electron chi connectivity index (χ0n) is 12.2. The third-order valence-electron chi connectivity index (χ3n) is 4.64. The Balaban J connectivity index is 1.69. The van der Waals surface area contributed by atoms with E-state index in [1.165, 1.54) is 0 Å². The molecule has 5 nitrogen and oxygen atoms in total. The fourth-order valence-electron chi connectivity index (χ4n) is 3.33. The van der Waals surface area contributed by atoms with Gasteiger partial charge in [-0.25, -0.2) is 9.59 Å². The topological polar surface area (TPSA) is 69.6 Å². The van der Waals surface area contributed by atoms with E-state index >= 15 is 0 Å². The minimum absolute atomic E-state index is 0.0558. The molecule has 2 amide bonds. The average Bonchev–Trinajstić information content (AvgIpc) is 3.03. The SMILES string of the molecule is CSC1CCCC1NC(=O)N1C(C(=O)O)CSC1C1CC1. The molecule has 1 aliphatic heterocycles. The van der Waals surface area contributed by atoms with E-state index in [0.29, 0.717) is 16.9 Å². The van der Waals surface area contributed by atoms with E-state index in [0.717, 1.165) is 32.1 Å².